The number of benzene rings is 2. The Morgan fingerprint density at radius 3 is 2.45 bits per heavy atom. The van der Waals surface area contributed by atoms with Crippen molar-refractivity contribution in [2.75, 3.05) is 49.5 Å². The van der Waals surface area contributed by atoms with E-state index in [9.17, 15) is 15.2 Å². The van der Waals surface area contributed by atoms with Crippen molar-refractivity contribution in [1.29, 1.82) is 5.26 Å². The summed E-state index contributed by atoms with van der Waals surface area (Å²) in [6, 6.07) is 16.5. The molecular formula is C33H39N5O2. The number of aliphatic hydroxyl groups is 1. The van der Waals surface area contributed by atoms with Gasteiger partial charge in [-0.2, -0.15) is 5.26 Å². The number of para-hydroxylation sites is 1. The van der Waals surface area contributed by atoms with Crippen LogP contribution >= 0.6 is 0 Å². The predicted octanol–water partition coefficient (Wildman–Crippen LogP) is 4.49. The number of hydrogen-bond donors (Lipinski definition) is 2. The van der Waals surface area contributed by atoms with Gasteiger partial charge in [0.25, 0.3) is 5.91 Å². The first-order valence-electron chi connectivity index (χ1n) is 14.0. The molecule has 1 atom stereocenters. The lowest BCUT2D eigenvalue weighted by molar-refractivity contribution is 0.0698. The first-order chi connectivity index (χ1) is 19.4. The highest BCUT2D eigenvalue weighted by atomic mass is 16.3. The number of aryl methyl sites for hydroxylation is 2. The Balaban J connectivity index is 1.44. The molecule has 2 heterocycles. The van der Waals surface area contributed by atoms with Gasteiger partial charge in [0, 0.05) is 61.8 Å². The Morgan fingerprint density at radius 2 is 1.82 bits per heavy atom. The monoisotopic (exact) mass is 537 g/mol. The minimum atomic E-state index is -0.147. The minimum Gasteiger partial charge on any atom is -0.394 e. The lowest BCUT2D eigenvalue weighted by atomic mass is 9.98. The topological polar surface area (TPSA) is 82.8 Å². The van der Waals surface area contributed by atoms with Crippen molar-refractivity contribution < 1.29 is 9.90 Å². The van der Waals surface area contributed by atoms with Gasteiger partial charge in [0.1, 0.15) is 6.07 Å². The molecule has 0 unspecified atom stereocenters. The van der Waals surface area contributed by atoms with Crippen molar-refractivity contribution >= 4 is 17.3 Å². The van der Waals surface area contributed by atoms with Crippen LogP contribution in [0.15, 0.2) is 65.9 Å². The third-order valence-corrected chi connectivity index (χ3v) is 7.97. The van der Waals surface area contributed by atoms with E-state index < -0.39 is 0 Å². The van der Waals surface area contributed by atoms with Gasteiger partial charge in [-0.3, -0.25) is 4.79 Å². The molecule has 2 fully saturated rings. The number of carbonyl (C=O) groups excluding carboxylic acids is 1. The molecule has 7 heteroatoms. The number of anilines is 2. The number of rotatable bonds is 7. The van der Waals surface area contributed by atoms with Crippen molar-refractivity contribution in [3.63, 3.8) is 0 Å². The van der Waals surface area contributed by atoms with Crippen molar-refractivity contribution in [2.45, 2.75) is 45.7 Å². The van der Waals surface area contributed by atoms with Crippen LogP contribution < -0.4 is 10.2 Å². The molecule has 0 saturated carbocycles. The highest BCUT2D eigenvalue weighted by Crippen LogP contribution is 2.28. The number of piperazine rings is 1. The largest absolute Gasteiger partial charge is 0.394 e. The summed E-state index contributed by atoms with van der Waals surface area (Å²) in [7, 11) is 0. The average Bonchev–Trinajstić information content (AvgIpc) is 2.99. The zero-order chi connectivity index (χ0) is 28.6. The quantitative estimate of drug-likeness (QED) is 0.308. The first-order valence-corrected chi connectivity index (χ1v) is 14.0. The molecule has 2 aromatic rings. The van der Waals surface area contributed by atoms with Gasteiger partial charge in [0.05, 0.1) is 23.9 Å². The number of carbonyl (C=O) groups is 1. The number of hydrogen-bond acceptors (Lipinski definition) is 6. The van der Waals surface area contributed by atoms with Gasteiger partial charge in [-0.05, 0) is 62.9 Å². The number of nitriles is 1. The molecule has 0 bridgehead atoms. The van der Waals surface area contributed by atoms with Crippen molar-refractivity contribution in [3.8, 4) is 18.4 Å². The lowest BCUT2D eigenvalue weighted by Gasteiger charge is -2.42. The van der Waals surface area contributed by atoms with E-state index in [-0.39, 0.29) is 24.6 Å². The summed E-state index contributed by atoms with van der Waals surface area (Å²) in [4.78, 5) is 20.0. The predicted molar refractivity (Wildman–Crippen MR) is 161 cm³/mol. The van der Waals surface area contributed by atoms with Crippen LogP contribution in [0.1, 0.15) is 41.3 Å². The zero-order valence-corrected chi connectivity index (χ0v) is 23.7. The fourth-order valence-electron chi connectivity index (χ4n) is 5.74. The molecule has 1 amide bonds. The van der Waals surface area contributed by atoms with E-state index in [1.165, 1.54) is 0 Å². The summed E-state index contributed by atoms with van der Waals surface area (Å²) >= 11 is 0. The SMILES string of the molecule is C#C/C=C(\C(C#N)=C/C)N1CCC(Nc2cc(C(=O)N3CCN(c4ccccc4)[C@@H](CO)C3)c(C)cc2C)CC1. The molecule has 0 radical (unpaired) electrons. The van der Waals surface area contributed by atoms with Gasteiger partial charge in [0.15, 0.2) is 0 Å². The fourth-order valence-corrected chi connectivity index (χ4v) is 5.74. The van der Waals surface area contributed by atoms with Crippen molar-refractivity contribution in [2.24, 2.45) is 0 Å². The molecule has 0 aromatic heterocycles. The second-order valence-electron chi connectivity index (χ2n) is 10.5. The Labute approximate surface area is 238 Å². The standard InChI is InChI=1S/C33H39N5O2/c1-5-10-32(26(6-2)21-34)36-15-13-27(14-16-36)35-31-20-30(24(3)19-25(31)4)33(40)37-17-18-38(29(22-37)23-39)28-11-8-7-9-12-28/h1,6-12,19-20,27,29,35,39H,13-18,22-23H2,2-4H3/b26-6-,32-10+/t29-/m1/s1. The molecule has 2 N–H and O–H groups in total. The van der Waals surface area contributed by atoms with Crippen LogP contribution in [0.5, 0.6) is 0 Å². The molecule has 0 spiro atoms. The number of likely N-dealkylation sites (tertiary alicyclic amines) is 1. The smallest absolute Gasteiger partial charge is 0.254 e. The zero-order valence-electron chi connectivity index (χ0n) is 23.7. The summed E-state index contributed by atoms with van der Waals surface area (Å²) < 4.78 is 0. The van der Waals surface area contributed by atoms with Crippen LogP contribution in [-0.4, -0.2) is 72.2 Å². The van der Waals surface area contributed by atoms with Crippen LogP contribution in [0.25, 0.3) is 0 Å². The van der Waals surface area contributed by atoms with Gasteiger partial charge in [-0.15, -0.1) is 6.42 Å². The van der Waals surface area contributed by atoms with Crippen LogP contribution in [0.4, 0.5) is 11.4 Å². The molecule has 0 aliphatic carbocycles. The van der Waals surface area contributed by atoms with Crippen LogP contribution in [-0.2, 0) is 0 Å². The fraction of sp³-hybridized carbons (Fsp3) is 0.394. The maximum Gasteiger partial charge on any atom is 0.254 e. The second kappa shape index (κ2) is 13.2. The third-order valence-electron chi connectivity index (χ3n) is 7.97. The molecule has 2 aromatic carbocycles. The maximum absolute atomic E-state index is 13.7. The number of nitrogens with one attached hydrogen (secondary N) is 1. The maximum atomic E-state index is 13.7. The molecule has 7 nitrogen and oxygen atoms in total. The molecule has 2 saturated heterocycles. The van der Waals surface area contributed by atoms with Gasteiger partial charge in [-0.25, -0.2) is 0 Å². The lowest BCUT2D eigenvalue weighted by Crippen LogP contribution is -2.56. The Morgan fingerprint density at radius 1 is 1.10 bits per heavy atom. The van der Waals surface area contributed by atoms with E-state index in [2.05, 4.69) is 40.1 Å². The average molecular weight is 538 g/mol. The van der Waals surface area contributed by atoms with Gasteiger partial charge >= 0.3 is 0 Å². The summed E-state index contributed by atoms with van der Waals surface area (Å²) in [5, 5.41) is 23.3. The first kappa shape index (κ1) is 28.8. The number of allylic oxidation sites excluding steroid dienone is 3. The van der Waals surface area contributed by atoms with Gasteiger partial charge in [0.2, 0.25) is 0 Å². The second-order valence-corrected chi connectivity index (χ2v) is 10.5. The summed E-state index contributed by atoms with van der Waals surface area (Å²) in [5.74, 6) is 2.58. The highest BCUT2D eigenvalue weighted by Gasteiger charge is 2.31. The number of amides is 1. The Bertz CT molecular complexity index is 1340. The van der Waals surface area contributed by atoms with Crippen LogP contribution in [0.2, 0.25) is 0 Å². The number of nitrogens with zero attached hydrogens (tertiary/aromatic N) is 4. The Hall–Kier alpha value is -4.20. The van der Waals surface area contributed by atoms with E-state index in [0.29, 0.717) is 30.8 Å². The summed E-state index contributed by atoms with van der Waals surface area (Å²) in [6.07, 6.45) is 10.8. The van der Waals surface area contributed by atoms with E-state index in [4.69, 9.17) is 6.42 Å². The normalized spacial score (nSPS) is 18.8. The van der Waals surface area contributed by atoms with Crippen LogP contribution in [0.3, 0.4) is 0 Å². The number of terminal acetylenes is 1. The summed E-state index contributed by atoms with van der Waals surface area (Å²) in [5.41, 5.74) is 6.18. The van der Waals surface area contributed by atoms with Crippen LogP contribution in [0, 0.1) is 37.5 Å². The van der Waals surface area contributed by atoms with E-state index in [0.717, 1.165) is 54.1 Å². The molecule has 2 aliphatic rings. The van der Waals surface area contributed by atoms with E-state index >= 15 is 0 Å². The van der Waals surface area contributed by atoms with Gasteiger partial charge in [-0.1, -0.05) is 36.3 Å². The molecule has 4 rings (SSSR count). The third kappa shape index (κ3) is 6.33. The highest BCUT2D eigenvalue weighted by molar-refractivity contribution is 5.97. The Kier molecular flexibility index (Phi) is 9.53. The van der Waals surface area contributed by atoms with Crippen molar-refractivity contribution in [3.05, 3.63) is 82.6 Å². The minimum absolute atomic E-state index is 0.000908. The molecule has 208 valence electrons. The molecule has 40 heavy (non-hydrogen) atoms. The molecular weight excluding hydrogens is 498 g/mol. The van der Waals surface area contributed by atoms with E-state index in [1.807, 2.05) is 55.1 Å². The van der Waals surface area contributed by atoms with Gasteiger partial charge < -0.3 is 25.1 Å². The van der Waals surface area contributed by atoms with Crippen molar-refractivity contribution in [1.82, 2.24) is 9.80 Å². The molecule has 2 aliphatic heterocycles. The summed E-state index contributed by atoms with van der Waals surface area (Å²) in [6.45, 7) is 9.21. The van der Waals surface area contributed by atoms with E-state index in [1.54, 1.807) is 12.2 Å². The number of aliphatic hydroxyl groups excluding tert-OH is 1. The number of piperidine rings is 1.